The zero-order chi connectivity index (χ0) is 20.2. The molecule has 1 saturated carbocycles. The molecule has 9 heteroatoms. The highest BCUT2D eigenvalue weighted by Crippen LogP contribution is 2.32. The summed E-state index contributed by atoms with van der Waals surface area (Å²) in [5.41, 5.74) is 0.741. The molecule has 1 fully saturated rings. The molecule has 1 N–H and O–H groups in total. The maximum absolute atomic E-state index is 12.9. The zero-order valence-corrected chi connectivity index (χ0v) is 16.7. The van der Waals surface area contributed by atoms with Crippen LogP contribution in [0.1, 0.15) is 37.7 Å². The first-order valence-electron chi connectivity index (χ1n) is 9.73. The van der Waals surface area contributed by atoms with Crippen molar-refractivity contribution >= 4 is 23.3 Å². The Labute approximate surface area is 171 Å². The van der Waals surface area contributed by atoms with Crippen LogP contribution in [0.5, 0.6) is 0 Å². The minimum absolute atomic E-state index is 0.200. The van der Waals surface area contributed by atoms with Gasteiger partial charge < -0.3 is 5.32 Å². The Morgan fingerprint density at radius 3 is 2.62 bits per heavy atom. The van der Waals surface area contributed by atoms with E-state index in [1.807, 2.05) is 6.07 Å². The van der Waals surface area contributed by atoms with Crippen LogP contribution < -0.4 is 11.0 Å². The van der Waals surface area contributed by atoms with Gasteiger partial charge in [-0.2, -0.15) is 9.61 Å². The van der Waals surface area contributed by atoms with Crippen LogP contribution in [0.25, 0.3) is 5.65 Å². The van der Waals surface area contributed by atoms with E-state index in [1.165, 1.54) is 48.8 Å². The summed E-state index contributed by atoms with van der Waals surface area (Å²) in [5.74, 6) is -0.679. The molecule has 4 rings (SSSR count). The quantitative estimate of drug-likeness (QED) is 0.670. The van der Waals surface area contributed by atoms with Gasteiger partial charge in [-0.3, -0.25) is 4.79 Å². The molecule has 0 saturated heterocycles. The first kappa shape index (κ1) is 19.6. The number of thioether (sulfide) groups is 1. The molecule has 2 aromatic heterocycles. The van der Waals surface area contributed by atoms with Gasteiger partial charge in [-0.25, -0.2) is 13.9 Å². The third-order valence-electron chi connectivity index (χ3n) is 4.95. The van der Waals surface area contributed by atoms with Crippen molar-refractivity contribution in [1.29, 1.82) is 0 Å². The predicted octanol–water partition coefficient (Wildman–Crippen LogP) is 2.77. The maximum Gasteiger partial charge on any atom is 0.367 e. The van der Waals surface area contributed by atoms with Gasteiger partial charge in [-0.1, -0.05) is 31.4 Å². The highest BCUT2D eigenvalue weighted by molar-refractivity contribution is 7.99. The van der Waals surface area contributed by atoms with Crippen LogP contribution in [0.4, 0.5) is 4.39 Å². The van der Waals surface area contributed by atoms with E-state index >= 15 is 0 Å². The van der Waals surface area contributed by atoms with Gasteiger partial charge >= 0.3 is 5.69 Å². The number of halogens is 1. The van der Waals surface area contributed by atoms with Crippen LogP contribution in [0.2, 0.25) is 0 Å². The fourth-order valence-corrected chi connectivity index (χ4v) is 4.59. The van der Waals surface area contributed by atoms with Crippen LogP contribution >= 0.6 is 11.8 Å². The van der Waals surface area contributed by atoms with Gasteiger partial charge in [0.25, 0.3) is 0 Å². The Kier molecular flexibility index (Phi) is 5.94. The molecule has 0 bridgehead atoms. The zero-order valence-electron chi connectivity index (χ0n) is 15.9. The second-order valence-electron chi connectivity index (χ2n) is 7.16. The molecule has 2 heterocycles. The Balaban J connectivity index is 1.42. The van der Waals surface area contributed by atoms with Crippen molar-refractivity contribution in [1.82, 2.24) is 24.7 Å². The lowest BCUT2D eigenvalue weighted by molar-refractivity contribution is -0.122. The monoisotopic (exact) mass is 415 g/mol. The van der Waals surface area contributed by atoms with Crippen molar-refractivity contribution in [3.8, 4) is 0 Å². The van der Waals surface area contributed by atoms with Gasteiger partial charge in [0.1, 0.15) is 17.4 Å². The molecule has 0 atom stereocenters. The Bertz CT molecular complexity index is 1060. The number of fused-ring (bicyclic) bond motifs is 1. The molecular weight excluding hydrogens is 393 g/mol. The summed E-state index contributed by atoms with van der Waals surface area (Å²) in [6.07, 6.45) is 6.12. The third-order valence-corrected chi connectivity index (χ3v) is 6.22. The summed E-state index contributed by atoms with van der Waals surface area (Å²) < 4.78 is 15.3. The van der Waals surface area contributed by atoms with Crippen LogP contribution in [0.3, 0.4) is 0 Å². The summed E-state index contributed by atoms with van der Waals surface area (Å²) >= 11 is 1.70. The molecule has 1 aromatic carbocycles. The molecule has 1 aliphatic rings. The molecule has 7 nitrogen and oxygen atoms in total. The Morgan fingerprint density at radius 2 is 1.86 bits per heavy atom. The number of rotatable bonds is 6. The Hall–Kier alpha value is -2.68. The molecule has 152 valence electrons. The van der Waals surface area contributed by atoms with Gasteiger partial charge in [0.15, 0.2) is 5.65 Å². The van der Waals surface area contributed by atoms with E-state index in [4.69, 9.17) is 0 Å². The van der Waals surface area contributed by atoms with E-state index in [9.17, 15) is 14.0 Å². The van der Waals surface area contributed by atoms with Crippen molar-refractivity contribution in [2.75, 3.05) is 0 Å². The van der Waals surface area contributed by atoms with E-state index in [0.29, 0.717) is 10.9 Å². The molecule has 0 unspecified atom stereocenters. The molecular formula is C20H22FN5O2S. The Morgan fingerprint density at radius 1 is 1.10 bits per heavy atom. The number of hydrogen-bond acceptors (Lipinski definition) is 5. The fourth-order valence-electron chi connectivity index (χ4n) is 3.41. The largest absolute Gasteiger partial charge is 0.367 e. The molecule has 29 heavy (non-hydrogen) atoms. The summed E-state index contributed by atoms with van der Waals surface area (Å²) in [7, 11) is 0. The summed E-state index contributed by atoms with van der Waals surface area (Å²) in [4.78, 5) is 24.8. The maximum atomic E-state index is 12.9. The first-order chi connectivity index (χ1) is 14.1. The van der Waals surface area contributed by atoms with Crippen molar-refractivity contribution < 1.29 is 9.18 Å². The van der Waals surface area contributed by atoms with Crippen molar-refractivity contribution in [3.05, 3.63) is 58.3 Å². The standard InChI is InChI=1S/C20H22FN5O2S/c21-15-8-6-14(7-9-15)12-22-18(27)13-25-20(28)26-17(23-25)10-11-19(24-26)29-16-4-2-1-3-5-16/h6-11,16H,1-5,12-13H2,(H,22,27). The van der Waals surface area contributed by atoms with Crippen LogP contribution in [0.15, 0.2) is 46.2 Å². The van der Waals surface area contributed by atoms with Crippen LogP contribution in [0, 0.1) is 5.82 Å². The number of carbonyl (C=O) groups is 1. The molecule has 0 aliphatic heterocycles. The average molecular weight is 415 g/mol. The summed E-state index contributed by atoms with van der Waals surface area (Å²) in [6, 6.07) is 9.50. The number of nitrogens with one attached hydrogen (secondary N) is 1. The van der Waals surface area contributed by atoms with Gasteiger partial charge in [0.05, 0.1) is 0 Å². The normalized spacial score (nSPS) is 14.9. The topological polar surface area (TPSA) is 81.3 Å². The number of benzene rings is 1. The summed E-state index contributed by atoms with van der Waals surface area (Å²) in [5, 5.41) is 12.7. The molecule has 0 spiro atoms. The van der Waals surface area contributed by atoms with E-state index in [2.05, 4.69) is 15.5 Å². The average Bonchev–Trinajstić information content (AvgIpc) is 3.03. The minimum Gasteiger partial charge on any atom is -0.350 e. The first-order valence-corrected chi connectivity index (χ1v) is 10.6. The minimum atomic E-state index is -0.442. The lowest BCUT2D eigenvalue weighted by Crippen LogP contribution is -2.32. The second-order valence-corrected chi connectivity index (χ2v) is 8.48. The predicted molar refractivity (Wildman–Crippen MR) is 108 cm³/mol. The fraction of sp³-hybridized carbons (Fsp3) is 0.400. The molecule has 1 amide bonds. The van der Waals surface area contributed by atoms with Gasteiger partial charge in [-0.15, -0.1) is 16.9 Å². The van der Waals surface area contributed by atoms with Crippen LogP contribution in [-0.4, -0.2) is 30.6 Å². The number of amides is 1. The van der Waals surface area contributed by atoms with E-state index < -0.39 is 5.69 Å². The van der Waals surface area contributed by atoms with Crippen molar-refractivity contribution in [3.63, 3.8) is 0 Å². The lowest BCUT2D eigenvalue weighted by atomic mass is 10.0. The summed E-state index contributed by atoms with van der Waals surface area (Å²) in [6.45, 7) is 0.0517. The van der Waals surface area contributed by atoms with Crippen molar-refractivity contribution in [2.45, 2.75) is 55.5 Å². The highest BCUT2D eigenvalue weighted by atomic mass is 32.2. The van der Waals surface area contributed by atoms with E-state index in [0.717, 1.165) is 15.3 Å². The van der Waals surface area contributed by atoms with Gasteiger partial charge in [-0.05, 0) is 42.7 Å². The molecule has 3 aromatic rings. The number of aromatic nitrogens is 4. The third kappa shape index (κ3) is 4.84. The van der Waals surface area contributed by atoms with Crippen LogP contribution in [-0.2, 0) is 17.9 Å². The van der Waals surface area contributed by atoms with Crippen molar-refractivity contribution in [2.24, 2.45) is 0 Å². The molecule has 0 radical (unpaired) electrons. The second kappa shape index (κ2) is 8.77. The number of hydrogen-bond donors (Lipinski definition) is 1. The van der Waals surface area contributed by atoms with Gasteiger partial charge in [0.2, 0.25) is 5.91 Å². The van der Waals surface area contributed by atoms with E-state index in [-0.39, 0.29) is 24.8 Å². The smallest absolute Gasteiger partial charge is 0.350 e. The highest BCUT2D eigenvalue weighted by Gasteiger charge is 2.17. The number of nitrogens with zero attached hydrogens (tertiary/aromatic N) is 4. The number of carbonyl (C=O) groups excluding carboxylic acids is 1. The SMILES string of the molecule is O=C(Cn1nc2ccc(SC3CCCCC3)nn2c1=O)NCc1ccc(F)cc1. The molecule has 1 aliphatic carbocycles. The lowest BCUT2D eigenvalue weighted by Gasteiger charge is -2.20. The van der Waals surface area contributed by atoms with Gasteiger partial charge in [0, 0.05) is 11.8 Å². The van der Waals surface area contributed by atoms with E-state index in [1.54, 1.807) is 30.0 Å².